The molecule has 2 unspecified atom stereocenters. The first-order chi connectivity index (χ1) is 8.18. The molecule has 2 aliphatic carbocycles. The molecule has 0 saturated heterocycles. The molecule has 4 heteroatoms. The van der Waals surface area contributed by atoms with Gasteiger partial charge in [0.2, 0.25) is 5.91 Å². The highest BCUT2D eigenvalue weighted by Crippen LogP contribution is 2.38. The summed E-state index contributed by atoms with van der Waals surface area (Å²) in [6.07, 6.45) is 8.53. The van der Waals surface area contributed by atoms with Gasteiger partial charge in [0.15, 0.2) is 0 Å². The maximum Gasteiger partial charge on any atom is 0.307 e. The molecular weight excluding hydrogens is 218 g/mol. The van der Waals surface area contributed by atoms with Crippen LogP contribution >= 0.6 is 0 Å². The summed E-state index contributed by atoms with van der Waals surface area (Å²) < 4.78 is 0. The first-order valence-corrected chi connectivity index (χ1v) is 6.37. The molecule has 2 N–H and O–H groups in total. The van der Waals surface area contributed by atoms with Gasteiger partial charge in [-0.15, -0.1) is 0 Å². The third-order valence-corrected chi connectivity index (χ3v) is 3.57. The van der Waals surface area contributed by atoms with Crippen LogP contribution in [0.4, 0.5) is 0 Å². The van der Waals surface area contributed by atoms with Gasteiger partial charge >= 0.3 is 5.97 Å². The molecule has 94 valence electrons. The van der Waals surface area contributed by atoms with Gasteiger partial charge in [-0.2, -0.15) is 0 Å². The van der Waals surface area contributed by atoms with E-state index in [2.05, 4.69) is 11.4 Å². The van der Waals surface area contributed by atoms with E-state index in [1.807, 2.05) is 0 Å². The molecule has 0 radical (unpaired) electrons. The molecule has 2 rings (SSSR count). The smallest absolute Gasteiger partial charge is 0.307 e. The molecule has 0 spiro atoms. The van der Waals surface area contributed by atoms with E-state index in [1.54, 1.807) is 0 Å². The molecule has 17 heavy (non-hydrogen) atoms. The monoisotopic (exact) mass is 237 g/mol. The number of nitrogens with one attached hydrogen (secondary N) is 1. The van der Waals surface area contributed by atoms with Crippen LogP contribution in [0.2, 0.25) is 0 Å². The molecular formula is C13H19NO3. The summed E-state index contributed by atoms with van der Waals surface area (Å²) in [4.78, 5) is 22.2. The summed E-state index contributed by atoms with van der Waals surface area (Å²) in [5.41, 5.74) is 1.43. The normalized spacial score (nSPS) is 27.2. The van der Waals surface area contributed by atoms with Crippen molar-refractivity contribution in [1.82, 2.24) is 5.32 Å². The number of carbonyl (C=O) groups is 2. The Bertz CT molecular complexity index is 349. The van der Waals surface area contributed by atoms with E-state index in [-0.39, 0.29) is 11.8 Å². The lowest BCUT2D eigenvalue weighted by Crippen LogP contribution is -2.27. The van der Waals surface area contributed by atoms with E-state index in [0.29, 0.717) is 13.0 Å². The summed E-state index contributed by atoms with van der Waals surface area (Å²) in [6, 6.07) is 0. The number of carboxylic acids is 1. The van der Waals surface area contributed by atoms with E-state index in [0.717, 1.165) is 19.3 Å². The second kappa shape index (κ2) is 5.34. The molecule has 1 amide bonds. The molecule has 0 aromatic rings. The number of hydrogen-bond acceptors (Lipinski definition) is 2. The van der Waals surface area contributed by atoms with E-state index >= 15 is 0 Å². The van der Waals surface area contributed by atoms with Gasteiger partial charge in [0.05, 0.1) is 11.8 Å². The maximum absolute atomic E-state index is 11.6. The summed E-state index contributed by atoms with van der Waals surface area (Å²) in [5.74, 6) is -1.66. The summed E-state index contributed by atoms with van der Waals surface area (Å²) in [7, 11) is 0. The van der Waals surface area contributed by atoms with Crippen LogP contribution in [0.3, 0.4) is 0 Å². The van der Waals surface area contributed by atoms with Crippen molar-refractivity contribution in [3.8, 4) is 0 Å². The molecule has 0 aromatic heterocycles. The summed E-state index contributed by atoms with van der Waals surface area (Å²) in [5, 5.41) is 11.5. The van der Waals surface area contributed by atoms with E-state index < -0.39 is 11.9 Å². The number of aliphatic carboxylic acids is 1. The third kappa shape index (κ3) is 3.32. The Morgan fingerprint density at radius 1 is 1.35 bits per heavy atom. The Hall–Kier alpha value is -1.32. The van der Waals surface area contributed by atoms with E-state index in [4.69, 9.17) is 5.11 Å². The van der Waals surface area contributed by atoms with E-state index in [9.17, 15) is 9.59 Å². The van der Waals surface area contributed by atoms with Gasteiger partial charge in [-0.1, -0.05) is 11.6 Å². The summed E-state index contributed by atoms with van der Waals surface area (Å²) >= 11 is 0. The molecule has 1 fully saturated rings. The Morgan fingerprint density at radius 3 is 2.76 bits per heavy atom. The van der Waals surface area contributed by atoms with Gasteiger partial charge in [0, 0.05) is 6.54 Å². The highest BCUT2D eigenvalue weighted by molar-refractivity contribution is 5.89. The van der Waals surface area contributed by atoms with Crippen LogP contribution in [-0.2, 0) is 9.59 Å². The minimum atomic E-state index is -0.847. The van der Waals surface area contributed by atoms with Gasteiger partial charge in [-0.05, 0) is 38.5 Å². The second-order valence-corrected chi connectivity index (χ2v) is 4.94. The van der Waals surface area contributed by atoms with Gasteiger partial charge in [0.25, 0.3) is 0 Å². The van der Waals surface area contributed by atoms with Gasteiger partial charge in [-0.25, -0.2) is 0 Å². The van der Waals surface area contributed by atoms with Crippen LogP contribution in [0.5, 0.6) is 0 Å². The summed E-state index contributed by atoms with van der Waals surface area (Å²) in [6.45, 7) is 0.646. The molecule has 0 bridgehead atoms. The molecule has 0 heterocycles. The molecule has 2 atom stereocenters. The lowest BCUT2D eigenvalue weighted by molar-refractivity contribution is -0.140. The predicted molar refractivity (Wildman–Crippen MR) is 63.4 cm³/mol. The maximum atomic E-state index is 11.6. The zero-order chi connectivity index (χ0) is 12.3. The van der Waals surface area contributed by atoms with Crippen molar-refractivity contribution in [2.24, 2.45) is 11.8 Å². The lowest BCUT2D eigenvalue weighted by atomic mass is 9.97. The van der Waals surface area contributed by atoms with Gasteiger partial charge < -0.3 is 10.4 Å². The molecule has 0 aromatic carbocycles. The van der Waals surface area contributed by atoms with Crippen LogP contribution in [-0.4, -0.2) is 23.5 Å². The Balaban J connectivity index is 1.64. The number of hydrogen-bond donors (Lipinski definition) is 2. The van der Waals surface area contributed by atoms with Crippen LogP contribution in [0.15, 0.2) is 11.6 Å². The zero-order valence-corrected chi connectivity index (χ0v) is 9.95. The number of carbonyl (C=O) groups excluding carboxylic acids is 1. The highest BCUT2D eigenvalue weighted by atomic mass is 16.4. The Labute approximate surface area is 101 Å². The van der Waals surface area contributed by atoms with E-state index in [1.165, 1.54) is 18.4 Å². The minimum absolute atomic E-state index is 0.0891. The molecule has 2 aliphatic rings. The van der Waals surface area contributed by atoms with Crippen molar-refractivity contribution in [2.45, 2.75) is 38.5 Å². The number of amides is 1. The number of allylic oxidation sites excluding steroid dienone is 1. The number of rotatable bonds is 5. The lowest BCUT2D eigenvalue weighted by Gasteiger charge is -2.12. The van der Waals surface area contributed by atoms with Crippen LogP contribution in [0.1, 0.15) is 38.5 Å². The van der Waals surface area contributed by atoms with Gasteiger partial charge in [-0.3, -0.25) is 9.59 Å². The minimum Gasteiger partial charge on any atom is -0.481 e. The van der Waals surface area contributed by atoms with Crippen molar-refractivity contribution in [2.75, 3.05) is 6.54 Å². The molecule has 1 saturated carbocycles. The fourth-order valence-electron chi connectivity index (χ4n) is 2.37. The van der Waals surface area contributed by atoms with Crippen LogP contribution in [0.25, 0.3) is 0 Å². The molecule has 4 nitrogen and oxygen atoms in total. The van der Waals surface area contributed by atoms with Gasteiger partial charge in [0.1, 0.15) is 0 Å². The number of carboxylic acid groups (broad SMARTS) is 1. The van der Waals surface area contributed by atoms with Crippen molar-refractivity contribution >= 4 is 11.9 Å². The SMILES string of the molecule is O=C(O)C1CC1C(=O)NCCC1=CCCCC1. The third-order valence-electron chi connectivity index (χ3n) is 3.57. The zero-order valence-electron chi connectivity index (χ0n) is 9.95. The predicted octanol–water partition coefficient (Wildman–Crippen LogP) is 1.71. The first-order valence-electron chi connectivity index (χ1n) is 6.37. The van der Waals surface area contributed by atoms with Crippen molar-refractivity contribution in [1.29, 1.82) is 0 Å². The second-order valence-electron chi connectivity index (χ2n) is 4.94. The van der Waals surface area contributed by atoms with Crippen LogP contribution in [0, 0.1) is 11.8 Å². The van der Waals surface area contributed by atoms with Crippen molar-refractivity contribution in [3.63, 3.8) is 0 Å². The molecule has 0 aliphatic heterocycles. The average molecular weight is 237 g/mol. The van der Waals surface area contributed by atoms with Crippen molar-refractivity contribution in [3.05, 3.63) is 11.6 Å². The largest absolute Gasteiger partial charge is 0.481 e. The standard InChI is InChI=1S/C13H19NO3/c15-12(10-8-11(10)13(16)17)14-7-6-9-4-2-1-3-5-9/h4,10-11H,1-3,5-8H2,(H,14,15)(H,16,17). The fourth-order valence-corrected chi connectivity index (χ4v) is 2.37. The Morgan fingerprint density at radius 2 is 2.18 bits per heavy atom. The highest BCUT2D eigenvalue weighted by Gasteiger charge is 2.48. The average Bonchev–Trinajstić information content (AvgIpc) is 3.10. The fraction of sp³-hybridized carbons (Fsp3) is 0.692. The Kier molecular flexibility index (Phi) is 3.82. The first kappa shape index (κ1) is 12.1. The quantitative estimate of drug-likeness (QED) is 0.715. The van der Waals surface area contributed by atoms with Crippen LogP contribution < -0.4 is 5.32 Å². The topological polar surface area (TPSA) is 66.4 Å². The van der Waals surface area contributed by atoms with Crippen molar-refractivity contribution < 1.29 is 14.7 Å².